The molecule has 2 rings (SSSR count). The van der Waals surface area contributed by atoms with Crippen LogP contribution in [0.4, 0.5) is 0 Å². The maximum Gasteiger partial charge on any atom is 0.260 e. The largest absolute Gasteiger partial charge is 0.316 e. The number of likely N-dealkylation sites (N-methyl/N-ethyl adjacent to an activating group) is 2. The minimum absolute atomic E-state index is 0.0180. The number of hydrogen-bond acceptors (Lipinski definition) is 5. The van der Waals surface area contributed by atoms with Gasteiger partial charge in [0.25, 0.3) is 10.0 Å². The van der Waals surface area contributed by atoms with Crippen LogP contribution in [0.25, 0.3) is 0 Å². The van der Waals surface area contributed by atoms with Crippen molar-refractivity contribution in [3.8, 4) is 0 Å². The molecule has 0 aliphatic carbocycles. The fraction of sp³-hybridized carbons (Fsp3) is 0.750. The van der Waals surface area contributed by atoms with E-state index < -0.39 is 10.0 Å². The van der Waals surface area contributed by atoms with E-state index in [0.717, 1.165) is 25.9 Å². The molecule has 0 bridgehead atoms. The smallest absolute Gasteiger partial charge is 0.260 e. The molecule has 1 unspecified atom stereocenters. The number of aromatic amines is 1. The molecule has 2 N–H and O–H groups in total. The molecule has 8 heteroatoms. The summed E-state index contributed by atoms with van der Waals surface area (Å²) in [5, 5.41) is 9.65. The topological polar surface area (TPSA) is 81.3 Å². The fourth-order valence-corrected chi connectivity index (χ4v) is 4.09. The number of sulfonamides is 1. The lowest BCUT2D eigenvalue weighted by Crippen LogP contribution is -2.47. The van der Waals surface area contributed by atoms with Gasteiger partial charge in [-0.3, -0.25) is 5.10 Å². The Balaban J connectivity index is 2.22. The molecule has 1 atom stereocenters. The molecule has 7 nitrogen and oxygen atoms in total. The molecule has 0 amide bonds. The van der Waals surface area contributed by atoms with Crippen LogP contribution >= 0.6 is 0 Å². The highest BCUT2D eigenvalue weighted by atomic mass is 32.2. The van der Waals surface area contributed by atoms with E-state index in [2.05, 4.69) is 20.4 Å². The molecule has 1 aliphatic rings. The van der Waals surface area contributed by atoms with Gasteiger partial charge in [-0.05, 0) is 33.5 Å². The minimum atomic E-state index is -3.52. The molecule has 0 radical (unpaired) electrons. The molecular weight excluding hydrogens is 278 g/mol. The first-order valence-electron chi connectivity index (χ1n) is 6.80. The summed E-state index contributed by atoms with van der Waals surface area (Å²) in [6.45, 7) is 2.27. The van der Waals surface area contributed by atoms with Crippen LogP contribution in [-0.4, -0.2) is 68.1 Å². The lowest BCUT2D eigenvalue weighted by molar-refractivity contribution is 0.187. The predicted octanol–water partition coefficient (Wildman–Crippen LogP) is -0.156. The first-order valence-corrected chi connectivity index (χ1v) is 8.24. The van der Waals surface area contributed by atoms with Crippen molar-refractivity contribution in [2.75, 3.05) is 34.2 Å². The average molecular weight is 301 g/mol. The van der Waals surface area contributed by atoms with Crippen molar-refractivity contribution in [3.63, 3.8) is 0 Å². The van der Waals surface area contributed by atoms with Crippen molar-refractivity contribution >= 4 is 10.0 Å². The summed E-state index contributed by atoms with van der Waals surface area (Å²) in [5.41, 5.74) is 0.670. The number of nitrogens with zero attached hydrogens (tertiary/aromatic N) is 3. The van der Waals surface area contributed by atoms with Gasteiger partial charge in [0, 0.05) is 31.7 Å². The van der Waals surface area contributed by atoms with Crippen LogP contribution in [0.15, 0.2) is 11.2 Å². The number of rotatable bonds is 5. The summed E-state index contributed by atoms with van der Waals surface area (Å²) >= 11 is 0. The predicted molar refractivity (Wildman–Crippen MR) is 76.8 cm³/mol. The highest BCUT2D eigenvalue weighted by Crippen LogP contribution is 2.22. The van der Waals surface area contributed by atoms with E-state index >= 15 is 0 Å². The standard InChI is InChI=1S/C12H23N5O2S/c1-13-7-10-8-14-15-12(10)20(18,19)17(3)11-5-4-6-16(2)9-11/h8,11,13H,4-7,9H2,1-3H3,(H,14,15). The van der Waals surface area contributed by atoms with Crippen LogP contribution in [0.1, 0.15) is 18.4 Å². The van der Waals surface area contributed by atoms with E-state index in [0.29, 0.717) is 12.1 Å². The Morgan fingerprint density at radius 1 is 1.60 bits per heavy atom. The van der Waals surface area contributed by atoms with Crippen LogP contribution in [0.3, 0.4) is 0 Å². The van der Waals surface area contributed by atoms with Crippen molar-refractivity contribution in [1.29, 1.82) is 0 Å². The molecule has 20 heavy (non-hydrogen) atoms. The van der Waals surface area contributed by atoms with Crippen LogP contribution in [0.2, 0.25) is 0 Å². The van der Waals surface area contributed by atoms with Gasteiger partial charge in [-0.25, -0.2) is 8.42 Å². The Hall–Kier alpha value is -0.960. The summed E-state index contributed by atoms with van der Waals surface area (Å²) in [5.74, 6) is 0. The Morgan fingerprint density at radius 2 is 2.35 bits per heavy atom. The number of aromatic nitrogens is 2. The van der Waals surface area contributed by atoms with E-state index in [1.807, 2.05) is 7.05 Å². The molecule has 0 spiro atoms. The second kappa shape index (κ2) is 6.21. The molecule has 0 aromatic carbocycles. The SMILES string of the molecule is CNCc1cn[nH]c1S(=O)(=O)N(C)C1CCCN(C)C1. The first kappa shape index (κ1) is 15.4. The van der Waals surface area contributed by atoms with Gasteiger partial charge in [-0.2, -0.15) is 9.40 Å². The van der Waals surface area contributed by atoms with Crippen molar-refractivity contribution in [2.45, 2.75) is 30.5 Å². The Bertz CT molecular complexity index is 542. The van der Waals surface area contributed by atoms with Crippen LogP contribution < -0.4 is 5.32 Å². The van der Waals surface area contributed by atoms with E-state index in [9.17, 15) is 8.42 Å². The van der Waals surface area contributed by atoms with E-state index in [1.54, 1.807) is 20.3 Å². The zero-order valence-corrected chi connectivity index (χ0v) is 13.1. The lowest BCUT2D eigenvalue weighted by atomic mass is 10.1. The van der Waals surface area contributed by atoms with Crippen molar-refractivity contribution < 1.29 is 8.42 Å². The molecule has 1 saturated heterocycles. The monoisotopic (exact) mass is 301 g/mol. The maximum atomic E-state index is 12.7. The molecule has 1 aliphatic heterocycles. The number of H-pyrrole nitrogens is 1. The third-order valence-corrected chi connectivity index (χ3v) is 5.72. The molecule has 2 heterocycles. The summed E-state index contributed by atoms with van der Waals surface area (Å²) < 4.78 is 26.9. The number of nitrogens with one attached hydrogen (secondary N) is 2. The van der Waals surface area contributed by atoms with Gasteiger partial charge in [0.05, 0.1) is 6.20 Å². The second-order valence-corrected chi connectivity index (χ2v) is 7.27. The van der Waals surface area contributed by atoms with E-state index in [1.165, 1.54) is 4.31 Å². The molecule has 1 fully saturated rings. The Labute approximate surface area is 120 Å². The summed E-state index contributed by atoms with van der Waals surface area (Å²) in [6.07, 6.45) is 3.48. The summed E-state index contributed by atoms with van der Waals surface area (Å²) in [7, 11) is 1.94. The number of piperidine rings is 1. The zero-order valence-electron chi connectivity index (χ0n) is 12.3. The summed E-state index contributed by atoms with van der Waals surface area (Å²) in [4.78, 5) is 2.17. The van der Waals surface area contributed by atoms with Crippen molar-refractivity contribution in [1.82, 2.24) is 24.7 Å². The highest BCUT2D eigenvalue weighted by molar-refractivity contribution is 7.89. The van der Waals surface area contributed by atoms with Gasteiger partial charge < -0.3 is 10.2 Å². The van der Waals surface area contributed by atoms with Gasteiger partial charge >= 0.3 is 0 Å². The first-order chi connectivity index (χ1) is 9.46. The zero-order chi connectivity index (χ0) is 14.8. The van der Waals surface area contributed by atoms with Crippen molar-refractivity contribution in [3.05, 3.63) is 11.8 Å². The van der Waals surface area contributed by atoms with E-state index in [4.69, 9.17) is 0 Å². The van der Waals surface area contributed by atoms with Gasteiger partial charge in [-0.1, -0.05) is 0 Å². The normalized spacial score (nSPS) is 21.5. The number of likely N-dealkylation sites (tertiary alicyclic amines) is 1. The Morgan fingerprint density at radius 3 is 3.00 bits per heavy atom. The van der Waals surface area contributed by atoms with Crippen LogP contribution in [0.5, 0.6) is 0 Å². The second-order valence-electron chi connectivity index (χ2n) is 5.33. The average Bonchev–Trinajstić information content (AvgIpc) is 2.87. The molecule has 1 aromatic heterocycles. The lowest BCUT2D eigenvalue weighted by Gasteiger charge is -2.34. The molecule has 0 saturated carbocycles. The van der Waals surface area contributed by atoms with Crippen molar-refractivity contribution in [2.24, 2.45) is 0 Å². The summed E-state index contributed by atoms with van der Waals surface area (Å²) in [6, 6.07) is 0.0180. The molecule has 1 aromatic rings. The fourth-order valence-electron chi connectivity index (χ4n) is 2.62. The Kier molecular flexibility index (Phi) is 4.79. The van der Waals surface area contributed by atoms with E-state index in [-0.39, 0.29) is 11.1 Å². The van der Waals surface area contributed by atoms with Gasteiger partial charge in [0.2, 0.25) is 0 Å². The minimum Gasteiger partial charge on any atom is -0.316 e. The molecular formula is C12H23N5O2S. The quantitative estimate of drug-likeness (QED) is 0.790. The van der Waals surface area contributed by atoms with Crippen LogP contribution in [0, 0.1) is 0 Å². The third kappa shape index (κ3) is 3.03. The third-order valence-electron chi connectivity index (χ3n) is 3.80. The van der Waals surface area contributed by atoms with Gasteiger partial charge in [0.15, 0.2) is 5.03 Å². The highest BCUT2D eigenvalue weighted by Gasteiger charge is 2.32. The van der Waals surface area contributed by atoms with Gasteiger partial charge in [-0.15, -0.1) is 0 Å². The molecule has 114 valence electrons. The maximum absolute atomic E-state index is 12.7. The van der Waals surface area contributed by atoms with Gasteiger partial charge in [0.1, 0.15) is 0 Å². The number of hydrogen-bond donors (Lipinski definition) is 2. The van der Waals surface area contributed by atoms with Crippen LogP contribution in [-0.2, 0) is 16.6 Å².